The van der Waals surface area contributed by atoms with E-state index in [4.69, 9.17) is 0 Å². The van der Waals surface area contributed by atoms with Gasteiger partial charge in [0.05, 0.1) is 0 Å². The minimum atomic E-state index is 0.974. The molecule has 6 heavy (non-hydrogen) atoms. The zero-order chi connectivity index (χ0) is 4.99. The fraction of sp³-hybridized carbons (Fsp3) is 0.500. The molecule has 0 aromatic heterocycles. The first-order valence-corrected chi connectivity index (χ1v) is 3.85. The molecule has 0 saturated heterocycles. The first-order valence-electron chi connectivity index (χ1n) is 1.65. The minimum Gasteiger partial charge on any atom is -0.0883 e. The van der Waals surface area contributed by atoms with Gasteiger partial charge in [0.2, 0.25) is 0 Å². The number of alkyl halides is 1. The second kappa shape index (κ2) is 4.12. The topological polar surface area (TPSA) is 0 Å². The summed E-state index contributed by atoms with van der Waals surface area (Å²) in [6.45, 7) is 2.07. The van der Waals surface area contributed by atoms with Crippen LogP contribution in [-0.2, 0) is 0 Å². The van der Waals surface area contributed by atoms with Crippen LogP contribution >= 0.6 is 38.5 Å². The van der Waals surface area contributed by atoms with Crippen LogP contribution in [0.4, 0.5) is 0 Å². The fourth-order valence-electron chi connectivity index (χ4n) is 0.106. The predicted octanol–water partition coefficient (Wildman–Crippen LogP) is 2.72. The van der Waals surface area contributed by atoms with Crippen LogP contribution in [0.3, 0.4) is 0 Å². The molecule has 2 heteroatoms. The molecule has 0 saturated carbocycles. The van der Waals surface area contributed by atoms with Gasteiger partial charge in [-0.25, -0.2) is 0 Å². The third-order valence-electron chi connectivity index (χ3n) is 0.358. The van der Waals surface area contributed by atoms with Crippen molar-refractivity contribution >= 4 is 38.5 Å². The van der Waals surface area contributed by atoms with E-state index in [2.05, 4.69) is 51.5 Å². The van der Waals surface area contributed by atoms with Crippen molar-refractivity contribution in [2.24, 2.45) is 0 Å². The lowest BCUT2D eigenvalue weighted by Gasteiger charge is -1.76. The Balaban J connectivity index is 3.14. The van der Waals surface area contributed by atoms with E-state index >= 15 is 0 Å². The van der Waals surface area contributed by atoms with Crippen molar-refractivity contribution in [2.45, 2.75) is 6.92 Å². The number of hydrogen-bond acceptors (Lipinski definition) is 0. The third-order valence-corrected chi connectivity index (χ3v) is 1.12. The van der Waals surface area contributed by atoms with Gasteiger partial charge in [0, 0.05) is 5.33 Å². The highest BCUT2D eigenvalue weighted by Gasteiger charge is 1.70. The summed E-state index contributed by atoms with van der Waals surface area (Å²) < 4.78 is 1.34. The highest BCUT2D eigenvalue weighted by molar-refractivity contribution is 14.1. The average molecular weight is 261 g/mol. The van der Waals surface area contributed by atoms with Crippen LogP contribution in [-0.4, -0.2) is 5.33 Å². The van der Waals surface area contributed by atoms with Crippen LogP contribution in [0.25, 0.3) is 0 Å². The highest BCUT2D eigenvalue weighted by Crippen LogP contribution is 2.02. The van der Waals surface area contributed by atoms with Gasteiger partial charge >= 0.3 is 0 Å². The first-order chi connectivity index (χ1) is 2.77. The van der Waals surface area contributed by atoms with Crippen LogP contribution < -0.4 is 0 Å². The van der Waals surface area contributed by atoms with Crippen LogP contribution in [0.1, 0.15) is 6.92 Å². The molecular formula is C4H6BrI. The van der Waals surface area contributed by atoms with Crippen LogP contribution in [0.5, 0.6) is 0 Å². The Hall–Kier alpha value is 0.950. The zero-order valence-corrected chi connectivity index (χ0v) is 7.28. The number of allylic oxidation sites excluding steroid dienone is 2. The second-order valence-corrected chi connectivity index (χ2v) is 3.29. The van der Waals surface area contributed by atoms with Crippen molar-refractivity contribution in [1.82, 2.24) is 0 Å². The molecule has 0 heterocycles. The van der Waals surface area contributed by atoms with Gasteiger partial charge in [0.15, 0.2) is 0 Å². The normalized spacial score (nSPS) is 12.2. The SMILES string of the molecule is CC(I)=CCBr. The van der Waals surface area contributed by atoms with E-state index < -0.39 is 0 Å². The minimum absolute atomic E-state index is 0.974. The lowest BCUT2D eigenvalue weighted by molar-refractivity contribution is 1.65. The molecule has 0 nitrogen and oxygen atoms in total. The van der Waals surface area contributed by atoms with Gasteiger partial charge in [-0.15, -0.1) is 0 Å². The van der Waals surface area contributed by atoms with Gasteiger partial charge in [-0.3, -0.25) is 0 Å². The molecule has 0 bridgehead atoms. The van der Waals surface area contributed by atoms with E-state index in [0.29, 0.717) is 0 Å². The standard InChI is InChI=1S/C4H6BrI/c1-4(6)2-3-5/h2H,3H2,1H3. The van der Waals surface area contributed by atoms with Crippen LogP contribution in [0.15, 0.2) is 9.66 Å². The monoisotopic (exact) mass is 260 g/mol. The Bertz CT molecular complexity index is 54.6. The van der Waals surface area contributed by atoms with Gasteiger partial charge < -0.3 is 0 Å². The molecule has 0 fully saturated rings. The maximum Gasteiger partial charge on any atom is 0.0222 e. The van der Waals surface area contributed by atoms with Gasteiger partial charge in [-0.1, -0.05) is 22.0 Å². The molecule has 0 amide bonds. The van der Waals surface area contributed by atoms with Gasteiger partial charge in [0.25, 0.3) is 0 Å². The predicted molar refractivity (Wildman–Crippen MR) is 41.6 cm³/mol. The maximum atomic E-state index is 3.27. The Morgan fingerprint density at radius 2 is 2.50 bits per heavy atom. The smallest absolute Gasteiger partial charge is 0.0222 e. The quantitative estimate of drug-likeness (QED) is 0.502. The molecule has 0 N–H and O–H groups in total. The van der Waals surface area contributed by atoms with E-state index in [0.717, 1.165) is 5.33 Å². The van der Waals surface area contributed by atoms with E-state index in [9.17, 15) is 0 Å². The molecule has 0 atom stereocenters. The molecular weight excluding hydrogens is 255 g/mol. The zero-order valence-electron chi connectivity index (χ0n) is 3.54. The van der Waals surface area contributed by atoms with E-state index in [1.807, 2.05) is 0 Å². The highest BCUT2D eigenvalue weighted by atomic mass is 127. The fourth-order valence-corrected chi connectivity index (χ4v) is 1.42. The Kier molecular flexibility index (Phi) is 4.77. The van der Waals surface area contributed by atoms with Crippen molar-refractivity contribution in [3.8, 4) is 0 Å². The molecule has 0 spiro atoms. The maximum absolute atomic E-state index is 3.27. The largest absolute Gasteiger partial charge is 0.0883 e. The molecule has 0 rings (SSSR count). The van der Waals surface area contributed by atoms with Crippen molar-refractivity contribution in [2.75, 3.05) is 5.33 Å². The number of rotatable bonds is 1. The summed E-state index contributed by atoms with van der Waals surface area (Å²) in [5.74, 6) is 0. The Labute approximate surface area is 60.3 Å². The molecule has 0 radical (unpaired) electrons. The van der Waals surface area contributed by atoms with Gasteiger partial charge in [0.1, 0.15) is 0 Å². The summed E-state index contributed by atoms with van der Waals surface area (Å²) in [5.41, 5.74) is 0. The van der Waals surface area contributed by atoms with Gasteiger partial charge in [-0.05, 0) is 33.1 Å². The van der Waals surface area contributed by atoms with Gasteiger partial charge in [-0.2, -0.15) is 0 Å². The Morgan fingerprint density at radius 1 is 2.00 bits per heavy atom. The molecule has 0 aliphatic carbocycles. The molecule has 0 aromatic carbocycles. The summed E-state index contributed by atoms with van der Waals surface area (Å²) in [4.78, 5) is 0. The lowest BCUT2D eigenvalue weighted by Crippen LogP contribution is -1.57. The van der Waals surface area contributed by atoms with Crippen molar-refractivity contribution < 1.29 is 0 Å². The number of hydrogen-bond donors (Lipinski definition) is 0. The van der Waals surface area contributed by atoms with E-state index in [1.165, 1.54) is 3.58 Å². The summed E-state index contributed by atoms with van der Waals surface area (Å²) in [5, 5.41) is 0.974. The summed E-state index contributed by atoms with van der Waals surface area (Å²) in [6, 6.07) is 0. The van der Waals surface area contributed by atoms with Crippen molar-refractivity contribution in [3.05, 3.63) is 9.66 Å². The third kappa shape index (κ3) is 4.95. The molecule has 0 aliphatic rings. The van der Waals surface area contributed by atoms with Crippen LogP contribution in [0.2, 0.25) is 0 Å². The van der Waals surface area contributed by atoms with Crippen molar-refractivity contribution in [1.29, 1.82) is 0 Å². The molecule has 0 unspecified atom stereocenters. The summed E-state index contributed by atoms with van der Waals surface area (Å²) in [6.07, 6.45) is 2.11. The molecule has 0 aromatic rings. The number of halogens is 2. The molecule has 36 valence electrons. The van der Waals surface area contributed by atoms with Crippen LogP contribution in [0, 0.1) is 0 Å². The molecule has 0 aliphatic heterocycles. The van der Waals surface area contributed by atoms with Crippen molar-refractivity contribution in [3.63, 3.8) is 0 Å². The summed E-state index contributed by atoms with van der Waals surface area (Å²) >= 11 is 5.54. The lowest BCUT2D eigenvalue weighted by atomic mass is 10.6. The second-order valence-electron chi connectivity index (χ2n) is 0.945. The first kappa shape index (κ1) is 6.95. The average Bonchev–Trinajstić information content (AvgIpc) is 1.35. The van der Waals surface area contributed by atoms with E-state index in [1.54, 1.807) is 0 Å². The Morgan fingerprint density at radius 3 is 2.50 bits per heavy atom. The summed E-state index contributed by atoms with van der Waals surface area (Å²) in [7, 11) is 0. The van der Waals surface area contributed by atoms with E-state index in [-0.39, 0.29) is 0 Å².